The molecule has 2 saturated heterocycles. The predicted octanol–water partition coefficient (Wildman–Crippen LogP) is 4.04. The van der Waals surface area contributed by atoms with Gasteiger partial charge in [0.25, 0.3) is 5.95 Å². The molecule has 2 aromatic heterocycles. The summed E-state index contributed by atoms with van der Waals surface area (Å²) in [5.41, 5.74) is 1.65. The van der Waals surface area contributed by atoms with Crippen LogP contribution < -0.4 is 15.0 Å². The molecule has 10 heteroatoms. The first-order chi connectivity index (χ1) is 17.5. The second-order valence-corrected chi connectivity index (χ2v) is 9.88. The Morgan fingerprint density at radius 3 is 2.64 bits per heavy atom. The number of phenolic OH excluding ortho intramolecular Hbond substituents is 1. The number of nitrogens with zero attached hydrogens (tertiary/aromatic N) is 5. The molecule has 2 bridgehead atoms. The van der Waals surface area contributed by atoms with Crippen LogP contribution in [0, 0.1) is 5.95 Å². The Kier molecular flexibility index (Phi) is 5.91. The van der Waals surface area contributed by atoms with Crippen LogP contribution in [-0.2, 0) is 0 Å². The minimum Gasteiger partial charge on any atom is -0.507 e. The normalized spacial score (nSPS) is 25.4. The van der Waals surface area contributed by atoms with Crippen LogP contribution in [0.15, 0.2) is 36.7 Å². The number of hydrogen-bond acceptors (Lipinski definition) is 8. The third-order valence-corrected chi connectivity index (χ3v) is 7.51. The monoisotopic (exact) mass is 494 g/mol. The first kappa shape index (κ1) is 23.0. The molecule has 0 amide bonds. The van der Waals surface area contributed by atoms with E-state index in [4.69, 9.17) is 4.74 Å². The van der Waals surface area contributed by atoms with Crippen LogP contribution in [0.25, 0.3) is 22.5 Å². The van der Waals surface area contributed by atoms with Gasteiger partial charge in [0, 0.05) is 29.9 Å². The summed E-state index contributed by atoms with van der Waals surface area (Å²) in [6.07, 6.45) is 7.85. The van der Waals surface area contributed by atoms with Crippen LogP contribution in [0.1, 0.15) is 38.5 Å². The van der Waals surface area contributed by atoms with Crippen LogP contribution in [-0.4, -0.2) is 62.7 Å². The van der Waals surface area contributed by atoms with Gasteiger partial charge in [0.15, 0.2) is 17.4 Å². The largest absolute Gasteiger partial charge is 0.507 e. The molecule has 3 fully saturated rings. The minimum atomic E-state index is -0.959. The molecular weight excluding hydrogens is 466 g/mol. The van der Waals surface area contributed by atoms with Crippen LogP contribution >= 0.6 is 0 Å². The molecule has 1 aromatic carbocycles. The van der Waals surface area contributed by atoms with Gasteiger partial charge < -0.3 is 20.1 Å². The molecule has 188 valence electrons. The Labute approximate surface area is 207 Å². The predicted molar refractivity (Wildman–Crippen MR) is 130 cm³/mol. The second kappa shape index (κ2) is 9.24. The highest BCUT2D eigenvalue weighted by Crippen LogP contribution is 2.39. The lowest BCUT2D eigenvalue weighted by molar-refractivity contribution is 0.104. The summed E-state index contributed by atoms with van der Waals surface area (Å²) in [5.74, 6) is 0.127. The van der Waals surface area contributed by atoms with Crippen molar-refractivity contribution in [2.75, 3.05) is 12.0 Å². The second-order valence-electron chi connectivity index (χ2n) is 9.88. The molecule has 0 unspecified atom stereocenters. The Morgan fingerprint density at radius 1 is 1.06 bits per heavy atom. The Balaban J connectivity index is 1.25. The number of halogens is 2. The van der Waals surface area contributed by atoms with Gasteiger partial charge in [0.2, 0.25) is 0 Å². The van der Waals surface area contributed by atoms with Crippen molar-refractivity contribution >= 4 is 5.82 Å². The van der Waals surface area contributed by atoms with E-state index in [1.54, 1.807) is 24.4 Å². The fourth-order valence-electron chi connectivity index (χ4n) is 5.57. The maximum absolute atomic E-state index is 15.4. The number of aromatic nitrogens is 4. The fraction of sp³-hybridized carbons (Fsp3) is 0.462. The van der Waals surface area contributed by atoms with Crippen molar-refractivity contribution in [3.05, 3.63) is 42.6 Å². The number of pyridine rings is 1. The topological polar surface area (TPSA) is 96.3 Å². The van der Waals surface area contributed by atoms with Crippen molar-refractivity contribution in [3.63, 3.8) is 0 Å². The third-order valence-electron chi connectivity index (χ3n) is 7.51. The first-order valence-electron chi connectivity index (χ1n) is 12.4. The standard InChI is InChI=1S/C26H28F2N6O2/c1-36-22-10-15(12-29-25(22)28)14-5-8-18(21(35)9-14)26-30-13-23(32-33-26)34(17-6-7-17)20-11-16-3-2-4-19(31-16)24(20)27/h5,8-10,12-13,16-17,19-20,24,31,35H,2-4,6-7,11H2,1H3/t16-,19+,20+,24-/m1/s1. The van der Waals surface area contributed by atoms with Crippen LogP contribution in [0.5, 0.6) is 11.5 Å². The van der Waals surface area contributed by atoms with Gasteiger partial charge in [-0.25, -0.2) is 14.4 Å². The van der Waals surface area contributed by atoms with E-state index >= 15 is 4.39 Å². The number of phenols is 1. The SMILES string of the molecule is COc1cc(-c2ccc(-c3ncc(N(C4CC4)[C@H]4C[C@H]5CCC[C@H](N5)[C@H]4F)nn3)c(O)c2)cnc1F. The van der Waals surface area contributed by atoms with Gasteiger partial charge >= 0.3 is 0 Å². The number of fused-ring (bicyclic) bond motifs is 2. The fourth-order valence-corrected chi connectivity index (χ4v) is 5.57. The number of anilines is 1. The molecule has 3 aromatic rings. The summed E-state index contributed by atoms with van der Waals surface area (Å²) in [6, 6.07) is 6.78. The molecule has 2 N–H and O–H groups in total. The van der Waals surface area contributed by atoms with E-state index in [9.17, 15) is 9.50 Å². The van der Waals surface area contributed by atoms with Crippen molar-refractivity contribution < 1.29 is 18.6 Å². The maximum Gasteiger partial charge on any atom is 0.255 e. The van der Waals surface area contributed by atoms with E-state index in [0.717, 1.165) is 38.5 Å². The maximum atomic E-state index is 15.4. The van der Waals surface area contributed by atoms with Crippen molar-refractivity contribution in [2.45, 2.75) is 68.9 Å². The van der Waals surface area contributed by atoms with Crippen molar-refractivity contribution in [2.24, 2.45) is 0 Å². The number of piperidine rings is 2. The van der Waals surface area contributed by atoms with E-state index in [-0.39, 0.29) is 35.4 Å². The van der Waals surface area contributed by atoms with Gasteiger partial charge in [-0.3, -0.25) is 0 Å². The number of hydrogen-bond donors (Lipinski definition) is 2. The Hall–Kier alpha value is -3.40. The van der Waals surface area contributed by atoms with Crippen molar-refractivity contribution in [1.82, 2.24) is 25.5 Å². The molecule has 6 rings (SSSR count). The minimum absolute atomic E-state index is 0.0206. The number of ether oxygens (including phenoxy) is 1. The summed E-state index contributed by atoms with van der Waals surface area (Å²) < 4.78 is 34.1. The van der Waals surface area contributed by atoms with Crippen LogP contribution in [0.3, 0.4) is 0 Å². The number of aromatic hydroxyl groups is 1. The molecule has 4 heterocycles. The molecule has 1 saturated carbocycles. The van der Waals surface area contributed by atoms with Crippen LogP contribution in [0.4, 0.5) is 14.6 Å². The molecule has 36 heavy (non-hydrogen) atoms. The zero-order valence-corrected chi connectivity index (χ0v) is 19.9. The highest BCUT2D eigenvalue weighted by atomic mass is 19.1. The van der Waals surface area contributed by atoms with Gasteiger partial charge in [-0.05, 0) is 55.9 Å². The highest BCUT2D eigenvalue weighted by molar-refractivity contribution is 5.73. The number of rotatable bonds is 6. The summed E-state index contributed by atoms with van der Waals surface area (Å²) in [5, 5.41) is 22.9. The number of benzene rings is 1. The average Bonchev–Trinajstić information content (AvgIpc) is 3.73. The molecule has 0 spiro atoms. The van der Waals surface area contributed by atoms with E-state index in [1.165, 1.54) is 19.4 Å². The Bertz CT molecular complexity index is 1260. The van der Waals surface area contributed by atoms with Gasteiger partial charge in [-0.15, -0.1) is 10.2 Å². The zero-order chi connectivity index (χ0) is 24.8. The molecule has 1 aliphatic carbocycles. The third kappa shape index (κ3) is 4.23. The lowest BCUT2D eigenvalue weighted by Gasteiger charge is -2.47. The van der Waals surface area contributed by atoms with Crippen LogP contribution in [0.2, 0.25) is 0 Å². The summed E-state index contributed by atoms with van der Waals surface area (Å²) in [6.45, 7) is 0. The molecule has 8 nitrogen and oxygen atoms in total. The van der Waals surface area contributed by atoms with E-state index in [1.807, 2.05) is 0 Å². The average molecular weight is 495 g/mol. The van der Waals surface area contributed by atoms with E-state index < -0.39 is 12.1 Å². The van der Waals surface area contributed by atoms with E-state index in [2.05, 4.69) is 30.4 Å². The van der Waals surface area contributed by atoms with Gasteiger partial charge in [-0.1, -0.05) is 12.5 Å². The summed E-state index contributed by atoms with van der Waals surface area (Å²) >= 11 is 0. The van der Waals surface area contributed by atoms with Gasteiger partial charge in [-0.2, -0.15) is 4.39 Å². The lowest BCUT2D eigenvalue weighted by Crippen LogP contribution is -2.62. The number of methoxy groups -OCH3 is 1. The molecule has 3 aliphatic rings. The highest BCUT2D eigenvalue weighted by Gasteiger charge is 2.46. The molecular formula is C26H28F2N6O2. The number of nitrogens with one attached hydrogen (secondary N) is 1. The molecule has 4 atom stereocenters. The van der Waals surface area contributed by atoms with Crippen molar-refractivity contribution in [1.29, 1.82) is 0 Å². The number of alkyl halides is 1. The molecule has 0 radical (unpaired) electrons. The van der Waals surface area contributed by atoms with Gasteiger partial charge in [0.1, 0.15) is 11.9 Å². The summed E-state index contributed by atoms with van der Waals surface area (Å²) in [7, 11) is 1.37. The van der Waals surface area contributed by atoms with Gasteiger partial charge in [0.05, 0.1) is 24.9 Å². The Morgan fingerprint density at radius 2 is 1.92 bits per heavy atom. The molecule has 2 aliphatic heterocycles. The summed E-state index contributed by atoms with van der Waals surface area (Å²) in [4.78, 5) is 10.3. The first-order valence-corrected chi connectivity index (χ1v) is 12.4. The lowest BCUT2D eigenvalue weighted by atomic mass is 9.82. The zero-order valence-electron chi connectivity index (χ0n) is 19.9. The van der Waals surface area contributed by atoms with E-state index in [0.29, 0.717) is 28.6 Å². The smallest absolute Gasteiger partial charge is 0.255 e. The quantitative estimate of drug-likeness (QED) is 0.496. The van der Waals surface area contributed by atoms with Crippen molar-refractivity contribution in [3.8, 4) is 34.0 Å².